The summed E-state index contributed by atoms with van der Waals surface area (Å²) in [6.07, 6.45) is 1.41. The molecule has 0 aliphatic heterocycles. The van der Waals surface area contributed by atoms with E-state index < -0.39 is 17.5 Å². The van der Waals surface area contributed by atoms with Crippen LogP contribution in [0.4, 0.5) is 26.1 Å². The van der Waals surface area contributed by atoms with Gasteiger partial charge in [-0.15, -0.1) is 0 Å². The quantitative estimate of drug-likeness (QED) is 0.730. The normalized spacial score (nSPS) is 10.5. The second-order valence-corrected chi connectivity index (χ2v) is 5.72. The van der Waals surface area contributed by atoms with Gasteiger partial charge in [-0.05, 0) is 49.2 Å². The third-order valence-electron chi connectivity index (χ3n) is 3.92. The number of hydrogen-bond acceptors (Lipinski definition) is 4. The molecule has 0 aliphatic rings. The second kappa shape index (κ2) is 7.26. The summed E-state index contributed by atoms with van der Waals surface area (Å²) in [5.74, 6) is -2.23. The molecule has 0 radical (unpaired) electrons. The number of anilines is 3. The Morgan fingerprint density at radius 1 is 1.04 bits per heavy atom. The maximum absolute atomic E-state index is 13.3. The summed E-state index contributed by atoms with van der Waals surface area (Å²) in [6.45, 7) is 3.88. The van der Waals surface area contributed by atoms with Gasteiger partial charge >= 0.3 is 0 Å². The molecule has 1 heterocycles. The number of carbonyl (C=O) groups is 1. The molecule has 0 unspecified atom stereocenters. The van der Waals surface area contributed by atoms with Gasteiger partial charge in [0.1, 0.15) is 5.69 Å². The molecule has 7 heteroatoms. The molecule has 0 fully saturated rings. The smallest absolute Gasteiger partial charge is 0.274 e. The number of amides is 1. The molecule has 2 aromatic carbocycles. The van der Waals surface area contributed by atoms with Gasteiger partial charge in [0.15, 0.2) is 11.6 Å². The number of benzene rings is 2. The van der Waals surface area contributed by atoms with Crippen LogP contribution in [0.25, 0.3) is 0 Å². The summed E-state index contributed by atoms with van der Waals surface area (Å²) in [6, 6.07) is 10.4. The van der Waals surface area contributed by atoms with Gasteiger partial charge in [0, 0.05) is 23.6 Å². The van der Waals surface area contributed by atoms with Gasteiger partial charge in [0.05, 0.1) is 0 Å². The van der Waals surface area contributed by atoms with Crippen molar-refractivity contribution in [2.45, 2.75) is 13.8 Å². The molecular weight excluding hydrogens is 338 g/mol. The number of nitrogens with one attached hydrogen (secondary N) is 2. The molecule has 0 spiro atoms. The predicted molar refractivity (Wildman–Crippen MR) is 95.5 cm³/mol. The standard InChI is InChI=1S/C19H16F2N4O/c1-11-4-3-5-16(12(11)2)24-18(26)17-8-9-22-19(25-17)23-13-6-7-14(20)15(21)10-13/h3-10H,1-2H3,(H,24,26)(H,22,23,25). The van der Waals surface area contributed by atoms with E-state index >= 15 is 0 Å². The fourth-order valence-electron chi connectivity index (χ4n) is 2.32. The first-order valence-corrected chi connectivity index (χ1v) is 7.87. The SMILES string of the molecule is Cc1cccc(NC(=O)c2ccnc(Nc3ccc(F)c(F)c3)n2)c1C. The summed E-state index contributed by atoms with van der Waals surface area (Å²) in [5, 5.41) is 5.55. The molecule has 3 rings (SSSR count). The lowest BCUT2D eigenvalue weighted by molar-refractivity contribution is 0.102. The van der Waals surface area contributed by atoms with Gasteiger partial charge in [-0.2, -0.15) is 0 Å². The molecular formula is C19H16F2N4O. The Bertz CT molecular complexity index is 976. The molecule has 0 saturated heterocycles. The van der Waals surface area contributed by atoms with Gasteiger partial charge in [0.2, 0.25) is 5.95 Å². The van der Waals surface area contributed by atoms with Crippen molar-refractivity contribution in [2.75, 3.05) is 10.6 Å². The van der Waals surface area contributed by atoms with Crippen molar-refractivity contribution in [1.29, 1.82) is 0 Å². The van der Waals surface area contributed by atoms with Crippen molar-refractivity contribution in [3.63, 3.8) is 0 Å². The first-order valence-electron chi connectivity index (χ1n) is 7.87. The van der Waals surface area contributed by atoms with E-state index in [0.29, 0.717) is 5.69 Å². The van der Waals surface area contributed by atoms with Crippen LogP contribution in [0.5, 0.6) is 0 Å². The average Bonchev–Trinajstić information content (AvgIpc) is 2.62. The van der Waals surface area contributed by atoms with E-state index in [2.05, 4.69) is 20.6 Å². The van der Waals surface area contributed by atoms with Crippen LogP contribution in [0.1, 0.15) is 21.6 Å². The van der Waals surface area contributed by atoms with E-state index in [-0.39, 0.29) is 17.3 Å². The molecule has 0 aliphatic carbocycles. The summed E-state index contributed by atoms with van der Waals surface area (Å²) >= 11 is 0. The van der Waals surface area contributed by atoms with Crippen LogP contribution < -0.4 is 10.6 Å². The lowest BCUT2D eigenvalue weighted by Crippen LogP contribution is -2.15. The van der Waals surface area contributed by atoms with Crippen LogP contribution in [0.2, 0.25) is 0 Å². The maximum atomic E-state index is 13.3. The minimum atomic E-state index is -0.987. The number of rotatable bonds is 4. The van der Waals surface area contributed by atoms with E-state index in [1.165, 1.54) is 18.3 Å². The third-order valence-corrected chi connectivity index (χ3v) is 3.92. The first-order chi connectivity index (χ1) is 12.4. The van der Waals surface area contributed by atoms with E-state index in [0.717, 1.165) is 23.3 Å². The second-order valence-electron chi connectivity index (χ2n) is 5.72. The summed E-state index contributed by atoms with van der Waals surface area (Å²) in [7, 11) is 0. The minimum absolute atomic E-state index is 0.102. The predicted octanol–water partition coefficient (Wildman–Crippen LogP) is 4.37. The topological polar surface area (TPSA) is 66.9 Å². The highest BCUT2D eigenvalue weighted by Gasteiger charge is 2.12. The Labute approximate surface area is 149 Å². The fourth-order valence-corrected chi connectivity index (χ4v) is 2.32. The molecule has 0 saturated carbocycles. The van der Waals surface area contributed by atoms with E-state index in [4.69, 9.17) is 0 Å². The van der Waals surface area contributed by atoms with Gasteiger partial charge in [-0.25, -0.2) is 18.7 Å². The first kappa shape index (κ1) is 17.5. The van der Waals surface area contributed by atoms with E-state index in [1.54, 1.807) is 0 Å². The van der Waals surface area contributed by atoms with Crippen molar-refractivity contribution in [1.82, 2.24) is 9.97 Å². The largest absolute Gasteiger partial charge is 0.324 e. The van der Waals surface area contributed by atoms with Crippen LogP contribution in [-0.4, -0.2) is 15.9 Å². The molecule has 132 valence electrons. The zero-order valence-corrected chi connectivity index (χ0v) is 14.2. The van der Waals surface area contributed by atoms with Crippen molar-refractivity contribution in [3.8, 4) is 0 Å². The highest BCUT2D eigenvalue weighted by molar-refractivity contribution is 6.03. The van der Waals surface area contributed by atoms with E-state index in [9.17, 15) is 13.6 Å². The molecule has 1 aromatic heterocycles. The molecule has 2 N–H and O–H groups in total. The highest BCUT2D eigenvalue weighted by atomic mass is 19.2. The van der Waals surface area contributed by atoms with Gasteiger partial charge in [-0.1, -0.05) is 12.1 Å². The number of aromatic nitrogens is 2. The molecule has 1 amide bonds. The number of aryl methyl sites for hydroxylation is 1. The van der Waals surface area contributed by atoms with Crippen LogP contribution in [0, 0.1) is 25.5 Å². The van der Waals surface area contributed by atoms with Crippen molar-refractivity contribution in [3.05, 3.63) is 77.1 Å². The lowest BCUT2D eigenvalue weighted by atomic mass is 10.1. The zero-order valence-electron chi connectivity index (χ0n) is 14.2. The van der Waals surface area contributed by atoms with Gasteiger partial charge in [-0.3, -0.25) is 4.79 Å². The maximum Gasteiger partial charge on any atom is 0.274 e. The van der Waals surface area contributed by atoms with Crippen LogP contribution >= 0.6 is 0 Å². The molecule has 26 heavy (non-hydrogen) atoms. The molecule has 5 nitrogen and oxygen atoms in total. The van der Waals surface area contributed by atoms with Crippen LogP contribution in [-0.2, 0) is 0 Å². The summed E-state index contributed by atoms with van der Waals surface area (Å²) in [5.41, 5.74) is 3.15. The minimum Gasteiger partial charge on any atom is -0.324 e. The van der Waals surface area contributed by atoms with Crippen molar-refractivity contribution in [2.24, 2.45) is 0 Å². The van der Waals surface area contributed by atoms with Gasteiger partial charge < -0.3 is 10.6 Å². The van der Waals surface area contributed by atoms with Crippen molar-refractivity contribution < 1.29 is 13.6 Å². The Kier molecular flexibility index (Phi) is 4.88. The van der Waals surface area contributed by atoms with Crippen LogP contribution in [0.15, 0.2) is 48.7 Å². The van der Waals surface area contributed by atoms with Crippen LogP contribution in [0.3, 0.4) is 0 Å². The molecule has 3 aromatic rings. The zero-order chi connectivity index (χ0) is 18.7. The number of hydrogen-bond donors (Lipinski definition) is 2. The highest BCUT2D eigenvalue weighted by Crippen LogP contribution is 2.19. The Hall–Kier alpha value is -3.35. The molecule has 0 atom stereocenters. The lowest BCUT2D eigenvalue weighted by Gasteiger charge is -2.11. The number of halogens is 2. The Balaban J connectivity index is 1.79. The molecule has 0 bridgehead atoms. The number of carbonyl (C=O) groups excluding carboxylic acids is 1. The van der Waals surface area contributed by atoms with E-state index in [1.807, 2.05) is 32.0 Å². The Morgan fingerprint density at radius 2 is 1.85 bits per heavy atom. The van der Waals surface area contributed by atoms with Gasteiger partial charge in [0.25, 0.3) is 5.91 Å². The fraction of sp³-hybridized carbons (Fsp3) is 0.105. The Morgan fingerprint density at radius 3 is 2.62 bits per heavy atom. The summed E-state index contributed by atoms with van der Waals surface area (Å²) < 4.78 is 26.3. The third kappa shape index (κ3) is 3.83. The summed E-state index contributed by atoms with van der Waals surface area (Å²) in [4.78, 5) is 20.5. The number of nitrogens with zero attached hydrogens (tertiary/aromatic N) is 2. The average molecular weight is 354 g/mol. The van der Waals surface area contributed by atoms with Crippen molar-refractivity contribution >= 4 is 23.2 Å². The monoisotopic (exact) mass is 354 g/mol.